The molecule has 0 radical (unpaired) electrons. The van der Waals surface area contributed by atoms with Gasteiger partial charge in [-0.05, 0) is 70.6 Å². The van der Waals surface area contributed by atoms with Gasteiger partial charge in [0.15, 0.2) is 6.29 Å². The number of fused-ring (bicyclic) bond motifs is 3. The molecule has 7 heteroatoms. The summed E-state index contributed by atoms with van der Waals surface area (Å²) in [5.74, 6) is 3.37. The smallest absolute Gasteiger partial charge is 0.210 e. The lowest BCUT2D eigenvalue weighted by molar-refractivity contribution is -0.313. The second-order valence-electron chi connectivity index (χ2n) is 10.6. The van der Waals surface area contributed by atoms with E-state index in [1.807, 2.05) is 6.07 Å². The highest BCUT2D eigenvalue weighted by Gasteiger charge is 2.48. The predicted octanol–water partition coefficient (Wildman–Crippen LogP) is 3.03. The van der Waals surface area contributed by atoms with Crippen molar-refractivity contribution < 1.29 is 34.6 Å². The molecule has 1 aromatic carbocycles. The number of benzene rings is 1. The third-order valence-electron chi connectivity index (χ3n) is 7.70. The molecular formula is C28H38O7. The van der Waals surface area contributed by atoms with Gasteiger partial charge in [0, 0.05) is 23.8 Å². The van der Waals surface area contributed by atoms with Gasteiger partial charge in [-0.3, -0.25) is 0 Å². The molecule has 1 unspecified atom stereocenters. The van der Waals surface area contributed by atoms with E-state index >= 15 is 0 Å². The number of aliphatic hydroxyl groups excluding tert-OH is 4. The number of unbranched alkanes of at least 4 members (excludes halogenated alkanes) is 2. The Balaban J connectivity index is 1.75. The minimum absolute atomic E-state index is 0.0737. The van der Waals surface area contributed by atoms with Crippen LogP contribution in [0.25, 0.3) is 0 Å². The van der Waals surface area contributed by atoms with Gasteiger partial charge in [-0.15, -0.1) is 12.3 Å². The van der Waals surface area contributed by atoms with Gasteiger partial charge in [-0.2, -0.15) is 0 Å². The van der Waals surface area contributed by atoms with Gasteiger partial charge in [0.1, 0.15) is 23.2 Å². The van der Waals surface area contributed by atoms with Crippen molar-refractivity contribution >= 4 is 0 Å². The minimum atomic E-state index is -1.62. The summed E-state index contributed by atoms with van der Waals surface area (Å²) in [5, 5.41) is 40.5. The number of rotatable bonds is 7. The quantitative estimate of drug-likeness (QED) is 0.267. The Labute approximate surface area is 207 Å². The number of aliphatic hydroxyl groups is 4. The van der Waals surface area contributed by atoms with Crippen LogP contribution >= 0.6 is 0 Å². The molecule has 1 aromatic rings. The van der Waals surface area contributed by atoms with Gasteiger partial charge in [-0.1, -0.05) is 11.6 Å². The molecule has 4 rings (SSSR count). The standard InChI is InChI=1S/C28H38O7/c1-5-6-7-8-9-17-13-21(33-27-19(15-29)24(30)25(31)26(32)34-27)23-18-12-16(2)10-11-20(18)28(3,4)35-22(23)14-17/h1,12-14,18-20,24-27,29-32H,6-11,15H2,2-4H3/t18-,19-,20-,24-,25+,26+,27?/m1/s1. The van der Waals surface area contributed by atoms with Crippen LogP contribution in [0.15, 0.2) is 23.8 Å². The SMILES string of the molecule is C#CCCCCc1cc(OC2O[C@H](O)[C@@H](O)[C@H](O)[C@H]2CO)c2c(c1)OC(C)(C)[C@@H]1CCC(C)=C[C@@H]21. The fourth-order valence-corrected chi connectivity index (χ4v) is 5.69. The van der Waals surface area contributed by atoms with Crippen LogP contribution < -0.4 is 9.47 Å². The molecular weight excluding hydrogens is 448 g/mol. The maximum Gasteiger partial charge on any atom is 0.210 e. The zero-order valence-electron chi connectivity index (χ0n) is 20.8. The molecule has 0 spiro atoms. The summed E-state index contributed by atoms with van der Waals surface area (Å²) in [6.45, 7) is 5.92. The van der Waals surface area contributed by atoms with E-state index in [-0.39, 0.29) is 17.4 Å². The summed E-state index contributed by atoms with van der Waals surface area (Å²) in [5.41, 5.74) is 2.89. The van der Waals surface area contributed by atoms with Crippen molar-refractivity contribution in [3.8, 4) is 23.8 Å². The van der Waals surface area contributed by atoms with Gasteiger partial charge in [-0.25, -0.2) is 0 Å². The Morgan fingerprint density at radius 1 is 1.17 bits per heavy atom. The van der Waals surface area contributed by atoms with Crippen LogP contribution in [0, 0.1) is 24.2 Å². The van der Waals surface area contributed by atoms with Crippen molar-refractivity contribution in [1.82, 2.24) is 0 Å². The topological polar surface area (TPSA) is 109 Å². The number of hydrogen-bond donors (Lipinski definition) is 4. The first-order valence-electron chi connectivity index (χ1n) is 12.6. The molecule has 1 fully saturated rings. The molecule has 4 N–H and O–H groups in total. The lowest BCUT2D eigenvalue weighted by Gasteiger charge is -2.47. The van der Waals surface area contributed by atoms with Crippen LogP contribution in [0.5, 0.6) is 11.5 Å². The van der Waals surface area contributed by atoms with Crippen molar-refractivity contribution in [2.24, 2.45) is 11.8 Å². The summed E-state index contributed by atoms with van der Waals surface area (Å²) < 4.78 is 18.4. The highest BCUT2D eigenvalue weighted by Crippen LogP contribution is 2.54. The maximum absolute atomic E-state index is 10.4. The molecule has 0 saturated carbocycles. The van der Waals surface area contributed by atoms with Gasteiger partial charge in [0.25, 0.3) is 0 Å². The van der Waals surface area contributed by atoms with Crippen LogP contribution in [-0.4, -0.2) is 57.4 Å². The van der Waals surface area contributed by atoms with Gasteiger partial charge in [0.05, 0.1) is 18.6 Å². The van der Waals surface area contributed by atoms with Crippen molar-refractivity contribution in [3.63, 3.8) is 0 Å². The first-order chi connectivity index (χ1) is 16.7. The molecule has 1 saturated heterocycles. The van der Waals surface area contributed by atoms with Crippen LogP contribution in [0.4, 0.5) is 0 Å². The molecule has 1 aliphatic carbocycles. The molecule has 0 bridgehead atoms. The predicted molar refractivity (Wildman–Crippen MR) is 131 cm³/mol. The average Bonchev–Trinajstić information content (AvgIpc) is 2.80. The molecule has 7 nitrogen and oxygen atoms in total. The number of terminal acetylenes is 1. The molecule has 192 valence electrons. The molecule has 35 heavy (non-hydrogen) atoms. The largest absolute Gasteiger partial charge is 0.487 e. The van der Waals surface area contributed by atoms with Crippen LogP contribution in [0.3, 0.4) is 0 Å². The Morgan fingerprint density at radius 3 is 2.66 bits per heavy atom. The highest BCUT2D eigenvalue weighted by molar-refractivity contribution is 5.54. The van der Waals surface area contributed by atoms with Crippen molar-refractivity contribution in [3.05, 3.63) is 34.9 Å². The fraction of sp³-hybridized carbons (Fsp3) is 0.643. The number of ether oxygens (including phenoxy) is 3. The third-order valence-corrected chi connectivity index (χ3v) is 7.70. The third kappa shape index (κ3) is 5.23. The molecule has 2 heterocycles. The van der Waals surface area contributed by atoms with E-state index in [4.69, 9.17) is 20.6 Å². The fourth-order valence-electron chi connectivity index (χ4n) is 5.69. The van der Waals surface area contributed by atoms with Crippen molar-refractivity contribution in [1.29, 1.82) is 0 Å². The first-order valence-corrected chi connectivity index (χ1v) is 12.6. The Hall–Kier alpha value is -2.08. The zero-order valence-corrected chi connectivity index (χ0v) is 20.8. The Bertz CT molecular complexity index is 978. The van der Waals surface area contributed by atoms with E-state index < -0.39 is 37.3 Å². The van der Waals surface area contributed by atoms with E-state index in [1.165, 1.54) is 5.57 Å². The minimum Gasteiger partial charge on any atom is -0.487 e. The van der Waals surface area contributed by atoms with Crippen molar-refractivity contribution in [2.75, 3.05) is 6.61 Å². The monoisotopic (exact) mass is 486 g/mol. The number of aryl methyl sites for hydroxylation is 1. The average molecular weight is 487 g/mol. The van der Waals surface area contributed by atoms with Crippen LogP contribution in [0.2, 0.25) is 0 Å². The zero-order chi connectivity index (χ0) is 25.3. The lowest BCUT2D eigenvalue weighted by atomic mass is 9.68. The molecule has 3 aliphatic rings. The normalized spacial score (nSPS) is 33.5. The Kier molecular flexibility index (Phi) is 7.80. The summed E-state index contributed by atoms with van der Waals surface area (Å²) >= 11 is 0. The Morgan fingerprint density at radius 2 is 1.94 bits per heavy atom. The number of hydrogen-bond acceptors (Lipinski definition) is 7. The van der Waals surface area contributed by atoms with Gasteiger partial charge < -0.3 is 34.6 Å². The van der Waals surface area contributed by atoms with E-state index in [9.17, 15) is 20.4 Å². The lowest BCUT2D eigenvalue weighted by Crippen LogP contribution is -2.57. The summed E-state index contributed by atoms with van der Waals surface area (Å²) in [6.07, 6.45) is 7.35. The van der Waals surface area contributed by atoms with E-state index in [0.717, 1.165) is 55.4 Å². The van der Waals surface area contributed by atoms with Crippen molar-refractivity contribution in [2.45, 2.75) is 95.6 Å². The van der Waals surface area contributed by atoms with E-state index in [2.05, 4.69) is 38.8 Å². The maximum atomic E-state index is 10.4. The van der Waals surface area contributed by atoms with Crippen LogP contribution in [-0.2, 0) is 11.2 Å². The highest BCUT2D eigenvalue weighted by atomic mass is 16.7. The molecule has 0 amide bonds. The van der Waals surface area contributed by atoms with E-state index in [1.54, 1.807) is 0 Å². The van der Waals surface area contributed by atoms with E-state index in [0.29, 0.717) is 5.75 Å². The summed E-state index contributed by atoms with van der Waals surface area (Å²) in [6, 6.07) is 4.04. The van der Waals surface area contributed by atoms with Gasteiger partial charge >= 0.3 is 0 Å². The second kappa shape index (κ2) is 10.5. The second-order valence-corrected chi connectivity index (χ2v) is 10.6. The molecule has 7 atom stereocenters. The van der Waals surface area contributed by atoms with Gasteiger partial charge in [0.2, 0.25) is 6.29 Å². The first kappa shape index (κ1) is 26.0. The number of allylic oxidation sites excluding steroid dienone is 2. The summed E-state index contributed by atoms with van der Waals surface area (Å²) in [4.78, 5) is 0. The molecule has 0 aromatic heterocycles. The van der Waals surface area contributed by atoms with Crippen LogP contribution in [0.1, 0.15) is 69.9 Å². The molecule has 2 aliphatic heterocycles. The summed E-state index contributed by atoms with van der Waals surface area (Å²) in [7, 11) is 0.